The molecule has 0 spiro atoms. The number of nitriles is 1. The van der Waals surface area contributed by atoms with E-state index in [1.54, 1.807) is 11.8 Å². The Morgan fingerprint density at radius 3 is 2.54 bits per heavy atom. The fraction of sp³-hybridized carbons (Fsp3) is 0.364. The first kappa shape index (κ1) is 23.4. The summed E-state index contributed by atoms with van der Waals surface area (Å²) in [5, 5.41) is 26.9. The van der Waals surface area contributed by atoms with Gasteiger partial charge in [0.25, 0.3) is 0 Å². The number of aliphatic imine (C=N–C) groups is 2. The first-order valence-electron chi connectivity index (χ1n) is 6.49. The number of aliphatic carboxylic acids is 2. The average molecular weight is 421 g/mol. The Bertz CT molecular complexity index is 684. The van der Waals surface area contributed by atoms with Crippen LogP contribution in [0.2, 0.25) is 0 Å². The Hall–Kier alpha value is -2.57. The molecule has 0 aliphatic carbocycles. The molecule has 0 unspecified atom stereocenters. The highest BCUT2D eigenvalue weighted by Gasteiger charge is 2.04. The topological polar surface area (TPSA) is 213 Å². The molecule has 7 N–H and O–H groups in total. The van der Waals surface area contributed by atoms with Crippen LogP contribution in [0, 0.1) is 11.5 Å². The van der Waals surface area contributed by atoms with Crippen LogP contribution in [0.4, 0.5) is 5.13 Å². The summed E-state index contributed by atoms with van der Waals surface area (Å²) < 4.78 is 4.14. The summed E-state index contributed by atoms with van der Waals surface area (Å²) >= 11 is 4.21. The summed E-state index contributed by atoms with van der Waals surface area (Å²) in [6.45, 7) is 0.625. The number of amidine groups is 1. The highest BCUT2D eigenvalue weighted by atomic mass is 32.2. The highest BCUT2D eigenvalue weighted by molar-refractivity contribution is 8.13. The molecule has 0 aliphatic rings. The lowest BCUT2D eigenvalue weighted by molar-refractivity contribution is -0.159. The minimum atomic E-state index is -1.82. The average Bonchev–Trinajstić information content (AvgIpc) is 3.00. The van der Waals surface area contributed by atoms with E-state index < -0.39 is 11.9 Å². The predicted molar refractivity (Wildman–Crippen MR) is 101 cm³/mol. The maximum atomic E-state index is 9.10. The SMILES string of the molecule is CSC(=NCCSCc1nsc(N=C(N)N)n1)NC#N.O=C(O)C(=O)O. The molecule has 0 saturated heterocycles. The van der Waals surface area contributed by atoms with E-state index in [1.807, 2.05) is 12.4 Å². The molecule has 15 heteroatoms. The van der Waals surface area contributed by atoms with Crippen LogP contribution in [-0.4, -0.2) is 61.2 Å². The maximum Gasteiger partial charge on any atom is 0.414 e. The van der Waals surface area contributed by atoms with Gasteiger partial charge in [0.2, 0.25) is 5.13 Å². The quantitative estimate of drug-likeness (QED) is 0.0994. The van der Waals surface area contributed by atoms with Crippen molar-refractivity contribution in [3.05, 3.63) is 5.82 Å². The fourth-order valence-corrected chi connectivity index (χ4v) is 2.75. The number of nitrogens with one attached hydrogen (secondary N) is 1. The molecule has 0 radical (unpaired) electrons. The summed E-state index contributed by atoms with van der Waals surface area (Å²) in [7, 11) is 0. The Kier molecular flexibility index (Phi) is 12.3. The van der Waals surface area contributed by atoms with E-state index in [9.17, 15) is 0 Å². The Morgan fingerprint density at radius 1 is 1.38 bits per heavy atom. The molecule has 0 amide bonds. The summed E-state index contributed by atoms with van der Waals surface area (Å²) in [4.78, 5) is 30.4. The second-order valence-corrected chi connectivity index (χ2v) is 6.45. The monoisotopic (exact) mass is 420 g/mol. The van der Waals surface area contributed by atoms with Gasteiger partial charge in [0, 0.05) is 17.3 Å². The van der Waals surface area contributed by atoms with Crippen molar-refractivity contribution in [3.63, 3.8) is 0 Å². The molecule has 26 heavy (non-hydrogen) atoms. The predicted octanol–water partition coefficient (Wildman–Crippen LogP) is -0.379. The van der Waals surface area contributed by atoms with Gasteiger partial charge in [0.05, 0.1) is 12.3 Å². The number of nitrogens with zero attached hydrogens (tertiary/aromatic N) is 5. The van der Waals surface area contributed by atoms with Gasteiger partial charge in [-0.3, -0.25) is 10.3 Å². The van der Waals surface area contributed by atoms with Crippen molar-refractivity contribution in [2.75, 3.05) is 18.6 Å². The van der Waals surface area contributed by atoms with Gasteiger partial charge in [0.15, 0.2) is 23.1 Å². The van der Waals surface area contributed by atoms with Gasteiger partial charge in [-0.05, 0) is 6.26 Å². The van der Waals surface area contributed by atoms with Crippen molar-refractivity contribution in [3.8, 4) is 6.19 Å². The van der Waals surface area contributed by atoms with Gasteiger partial charge in [-0.15, -0.1) is 0 Å². The van der Waals surface area contributed by atoms with Crippen LogP contribution < -0.4 is 16.8 Å². The van der Waals surface area contributed by atoms with Crippen LogP contribution in [0.25, 0.3) is 0 Å². The van der Waals surface area contributed by atoms with Crippen molar-refractivity contribution < 1.29 is 19.8 Å². The number of rotatable bonds is 6. The van der Waals surface area contributed by atoms with Crippen molar-refractivity contribution in [1.29, 1.82) is 5.26 Å². The molecule has 12 nitrogen and oxygen atoms in total. The van der Waals surface area contributed by atoms with E-state index in [1.165, 1.54) is 11.8 Å². The molecule has 0 fully saturated rings. The minimum absolute atomic E-state index is 0.0238. The lowest BCUT2D eigenvalue weighted by Crippen LogP contribution is -2.21. The van der Waals surface area contributed by atoms with Gasteiger partial charge in [-0.2, -0.15) is 26.4 Å². The molecule has 0 bridgehead atoms. The zero-order valence-corrected chi connectivity index (χ0v) is 15.9. The number of carboxylic acid groups (broad SMARTS) is 2. The number of thioether (sulfide) groups is 2. The molecule has 142 valence electrons. The number of nitrogens with two attached hydrogens (primary N) is 2. The van der Waals surface area contributed by atoms with Crippen LogP contribution in [0.5, 0.6) is 0 Å². The zero-order valence-electron chi connectivity index (χ0n) is 13.4. The number of aromatic nitrogens is 2. The van der Waals surface area contributed by atoms with Gasteiger partial charge >= 0.3 is 11.9 Å². The maximum absolute atomic E-state index is 9.10. The molecule has 1 rings (SSSR count). The third kappa shape index (κ3) is 11.9. The smallest absolute Gasteiger partial charge is 0.414 e. The molecular weight excluding hydrogens is 404 g/mol. The fourth-order valence-electron chi connectivity index (χ4n) is 1.04. The van der Waals surface area contributed by atoms with Gasteiger partial charge in [-0.25, -0.2) is 14.6 Å². The van der Waals surface area contributed by atoms with Crippen LogP contribution in [-0.2, 0) is 15.3 Å². The molecule has 0 atom stereocenters. The van der Waals surface area contributed by atoms with E-state index in [4.69, 9.17) is 36.5 Å². The summed E-state index contributed by atoms with van der Waals surface area (Å²) in [5.74, 6) is -1.49. The summed E-state index contributed by atoms with van der Waals surface area (Å²) in [5.41, 5.74) is 10.5. The number of carbonyl (C=O) groups is 2. The van der Waals surface area contributed by atoms with Crippen LogP contribution in [0.3, 0.4) is 0 Å². The standard InChI is InChI=1S/C9H14N8S3.C2H2O4/c1-18-8(14-5-10)13-2-3-19-4-6-15-9(20-17-6)16-7(11)12;3-1(4)2(5)6/h2-4H2,1H3,(H,13,14)(H4,11,12,15,16,17);(H,3,4)(H,5,6). The first-order chi connectivity index (χ1) is 12.3. The summed E-state index contributed by atoms with van der Waals surface area (Å²) in [6, 6.07) is 0. The largest absolute Gasteiger partial charge is 0.473 e. The van der Waals surface area contributed by atoms with Gasteiger partial charge in [-0.1, -0.05) is 11.8 Å². The normalized spacial score (nSPS) is 10.1. The van der Waals surface area contributed by atoms with E-state index in [2.05, 4.69) is 24.7 Å². The Morgan fingerprint density at radius 2 is 2.04 bits per heavy atom. The third-order valence-electron chi connectivity index (χ3n) is 1.94. The Labute approximate surface area is 161 Å². The molecule has 0 saturated carbocycles. The third-order valence-corrected chi connectivity index (χ3v) is 4.14. The molecule has 0 aromatic carbocycles. The number of hydrogen-bond donors (Lipinski definition) is 5. The lowest BCUT2D eigenvalue weighted by atomic mass is 10.7. The van der Waals surface area contributed by atoms with E-state index in [-0.39, 0.29) is 5.96 Å². The molecule has 1 aromatic rings. The summed E-state index contributed by atoms with van der Waals surface area (Å²) in [6.07, 6.45) is 3.71. The molecule has 1 aromatic heterocycles. The van der Waals surface area contributed by atoms with E-state index >= 15 is 0 Å². The van der Waals surface area contributed by atoms with E-state index in [0.717, 1.165) is 17.3 Å². The van der Waals surface area contributed by atoms with Crippen molar-refractivity contribution >= 4 is 63.3 Å². The molecule has 0 aliphatic heterocycles. The van der Waals surface area contributed by atoms with Gasteiger partial charge in [0.1, 0.15) is 0 Å². The minimum Gasteiger partial charge on any atom is -0.473 e. The number of guanidine groups is 1. The zero-order chi connectivity index (χ0) is 19.9. The second kappa shape index (κ2) is 13.7. The van der Waals surface area contributed by atoms with Crippen LogP contribution in [0.15, 0.2) is 9.98 Å². The molecular formula is C11H16N8O4S3. The second-order valence-electron chi connectivity index (χ2n) is 3.82. The Balaban J connectivity index is 0.000000896. The van der Waals surface area contributed by atoms with Crippen LogP contribution >= 0.6 is 35.1 Å². The molecule has 1 heterocycles. The van der Waals surface area contributed by atoms with Crippen molar-refractivity contribution in [2.24, 2.45) is 21.5 Å². The first-order valence-corrected chi connectivity index (χ1v) is 9.65. The van der Waals surface area contributed by atoms with E-state index in [0.29, 0.717) is 28.4 Å². The van der Waals surface area contributed by atoms with Crippen molar-refractivity contribution in [2.45, 2.75) is 5.75 Å². The number of carboxylic acids is 2. The van der Waals surface area contributed by atoms with Gasteiger partial charge < -0.3 is 21.7 Å². The van der Waals surface area contributed by atoms with Crippen molar-refractivity contribution in [1.82, 2.24) is 14.7 Å². The van der Waals surface area contributed by atoms with Crippen LogP contribution in [0.1, 0.15) is 5.82 Å². The lowest BCUT2D eigenvalue weighted by Gasteiger charge is -1.99. The highest BCUT2D eigenvalue weighted by Crippen LogP contribution is 2.17. The number of hydrogen-bond acceptors (Lipinski definition) is 10.